The van der Waals surface area contributed by atoms with Gasteiger partial charge in [-0.15, -0.1) is 0 Å². The van der Waals surface area contributed by atoms with Crippen LogP contribution in [0.15, 0.2) is 12.1 Å². The van der Waals surface area contributed by atoms with Crippen molar-refractivity contribution in [2.24, 2.45) is 5.73 Å². The fourth-order valence-electron chi connectivity index (χ4n) is 2.25. The van der Waals surface area contributed by atoms with Crippen LogP contribution in [-0.4, -0.2) is 39.8 Å². The molecule has 1 amide bonds. The molecule has 1 aromatic carbocycles. The van der Waals surface area contributed by atoms with Crippen molar-refractivity contribution in [2.45, 2.75) is 32.2 Å². The number of methoxy groups -OCH3 is 3. The van der Waals surface area contributed by atoms with Gasteiger partial charge >= 0.3 is 0 Å². The predicted molar refractivity (Wildman–Crippen MR) is 85.7 cm³/mol. The molecule has 0 saturated carbocycles. The van der Waals surface area contributed by atoms with Crippen molar-refractivity contribution in [3.05, 3.63) is 17.7 Å². The zero-order valence-corrected chi connectivity index (χ0v) is 13.8. The van der Waals surface area contributed by atoms with Crippen LogP contribution in [-0.2, 0) is 11.2 Å². The van der Waals surface area contributed by atoms with E-state index < -0.39 is 6.04 Å². The molecule has 22 heavy (non-hydrogen) atoms. The average molecular weight is 310 g/mol. The summed E-state index contributed by atoms with van der Waals surface area (Å²) in [5, 5.41) is 2.84. The molecule has 6 nitrogen and oxygen atoms in total. The van der Waals surface area contributed by atoms with Crippen LogP contribution in [0.4, 0.5) is 0 Å². The third-order valence-corrected chi connectivity index (χ3v) is 3.42. The molecule has 1 unspecified atom stereocenters. The van der Waals surface area contributed by atoms with Gasteiger partial charge in [-0.1, -0.05) is 19.4 Å². The second-order valence-electron chi connectivity index (χ2n) is 4.93. The number of hydrogen-bond acceptors (Lipinski definition) is 5. The van der Waals surface area contributed by atoms with Crippen molar-refractivity contribution in [1.29, 1.82) is 0 Å². The van der Waals surface area contributed by atoms with Crippen LogP contribution in [0.25, 0.3) is 0 Å². The standard InChI is InChI=1S/C16H26N2O4/c1-5-6-12(17)16(19)18-10-9-11-7-8-13(20-2)15(22-4)14(11)21-3/h7-8,12H,5-6,9-10,17H2,1-4H3,(H,18,19). The van der Waals surface area contributed by atoms with Gasteiger partial charge in [0.15, 0.2) is 11.5 Å². The van der Waals surface area contributed by atoms with E-state index >= 15 is 0 Å². The summed E-state index contributed by atoms with van der Waals surface area (Å²) in [7, 11) is 4.72. The van der Waals surface area contributed by atoms with Gasteiger partial charge in [-0.3, -0.25) is 4.79 Å². The molecule has 1 rings (SSSR count). The Labute approximate surface area is 131 Å². The van der Waals surface area contributed by atoms with Crippen LogP contribution < -0.4 is 25.3 Å². The zero-order valence-electron chi connectivity index (χ0n) is 13.8. The van der Waals surface area contributed by atoms with Gasteiger partial charge in [-0.05, 0) is 18.9 Å². The SMILES string of the molecule is CCCC(N)C(=O)NCCc1ccc(OC)c(OC)c1OC. The normalized spacial score (nSPS) is 11.7. The smallest absolute Gasteiger partial charge is 0.236 e. The third-order valence-electron chi connectivity index (χ3n) is 3.42. The third kappa shape index (κ3) is 4.53. The molecule has 124 valence electrons. The highest BCUT2D eigenvalue weighted by Crippen LogP contribution is 2.39. The highest BCUT2D eigenvalue weighted by molar-refractivity contribution is 5.81. The van der Waals surface area contributed by atoms with Crippen molar-refractivity contribution < 1.29 is 19.0 Å². The quantitative estimate of drug-likeness (QED) is 0.722. The largest absolute Gasteiger partial charge is 0.493 e. The van der Waals surface area contributed by atoms with Crippen LogP contribution in [0.1, 0.15) is 25.3 Å². The molecule has 0 fully saturated rings. The van der Waals surface area contributed by atoms with Crippen LogP contribution in [0, 0.1) is 0 Å². The number of carbonyl (C=O) groups excluding carboxylic acids is 1. The van der Waals surface area contributed by atoms with Crippen LogP contribution in [0.3, 0.4) is 0 Å². The van der Waals surface area contributed by atoms with Crippen LogP contribution >= 0.6 is 0 Å². The maximum atomic E-state index is 11.8. The lowest BCUT2D eigenvalue weighted by molar-refractivity contribution is -0.122. The number of rotatable bonds is 9. The number of hydrogen-bond donors (Lipinski definition) is 2. The van der Waals surface area contributed by atoms with Crippen molar-refractivity contribution in [1.82, 2.24) is 5.32 Å². The van der Waals surface area contributed by atoms with Gasteiger partial charge < -0.3 is 25.3 Å². The van der Waals surface area contributed by atoms with E-state index in [1.165, 1.54) is 0 Å². The van der Waals surface area contributed by atoms with Gasteiger partial charge in [0, 0.05) is 12.1 Å². The first-order valence-corrected chi connectivity index (χ1v) is 7.40. The molecule has 0 heterocycles. The van der Waals surface area contributed by atoms with E-state index in [2.05, 4.69) is 5.32 Å². The first-order valence-electron chi connectivity index (χ1n) is 7.40. The fraction of sp³-hybridized carbons (Fsp3) is 0.562. The summed E-state index contributed by atoms with van der Waals surface area (Å²) in [5.41, 5.74) is 6.71. The molecule has 1 atom stereocenters. The Morgan fingerprint density at radius 2 is 1.86 bits per heavy atom. The summed E-state index contributed by atoms with van der Waals surface area (Å²) in [6.07, 6.45) is 2.19. The van der Waals surface area contributed by atoms with Gasteiger partial charge in [0.1, 0.15) is 0 Å². The van der Waals surface area contributed by atoms with E-state index in [1.54, 1.807) is 21.3 Å². The van der Waals surface area contributed by atoms with Crippen molar-refractivity contribution in [2.75, 3.05) is 27.9 Å². The fourth-order valence-corrected chi connectivity index (χ4v) is 2.25. The van der Waals surface area contributed by atoms with Crippen LogP contribution in [0.5, 0.6) is 17.2 Å². The second kappa shape index (κ2) is 9.15. The molecular weight excluding hydrogens is 284 g/mol. The highest BCUT2D eigenvalue weighted by atomic mass is 16.5. The van der Waals surface area contributed by atoms with E-state index in [4.69, 9.17) is 19.9 Å². The average Bonchev–Trinajstić information content (AvgIpc) is 2.53. The minimum atomic E-state index is -0.447. The van der Waals surface area contributed by atoms with Crippen molar-refractivity contribution >= 4 is 5.91 Å². The van der Waals surface area contributed by atoms with Crippen molar-refractivity contribution in [3.63, 3.8) is 0 Å². The topological polar surface area (TPSA) is 82.8 Å². The Hall–Kier alpha value is -1.95. The molecule has 0 radical (unpaired) electrons. The van der Waals surface area contributed by atoms with Gasteiger partial charge in [0.2, 0.25) is 11.7 Å². The first kappa shape index (κ1) is 18.1. The molecule has 3 N–H and O–H groups in total. The second-order valence-corrected chi connectivity index (χ2v) is 4.93. The Morgan fingerprint density at radius 3 is 2.41 bits per heavy atom. The molecule has 6 heteroatoms. The van der Waals surface area contributed by atoms with Crippen molar-refractivity contribution in [3.8, 4) is 17.2 Å². The highest BCUT2D eigenvalue weighted by Gasteiger charge is 2.16. The lowest BCUT2D eigenvalue weighted by Gasteiger charge is -2.16. The van der Waals surface area contributed by atoms with E-state index in [0.717, 1.165) is 12.0 Å². The van der Waals surface area contributed by atoms with E-state index in [1.807, 2.05) is 19.1 Å². The monoisotopic (exact) mass is 310 g/mol. The minimum absolute atomic E-state index is 0.124. The molecule has 0 aliphatic heterocycles. The van der Waals surface area contributed by atoms with E-state index in [0.29, 0.717) is 36.6 Å². The number of ether oxygens (including phenoxy) is 3. The molecule has 0 aliphatic carbocycles. The van der Waals surface area contributed by atoms with Gasteiger partial charge in [0.25, 0.3) is 0 Å². The summed E-state index contributed by atoms with van der Waals surface area (Å²) in [5.74, 6) is 1.66. The molecule has 1 aromatic rings. The Morgan fingerprint density at radius 1 is 1.18 bits per heavy atom. The summed E-state index contributed by atoms with van der Waals surface area (Å²) in [6, 6.07) is 3.27. The molecule has 0 aliphatic rings. The zero-order chi connectivity index (χ0) is 16.5. The van der Waals surface area contributed by atoms with E-state index in [9.17, 15) is 4.79 Å². The number of nitrogens with one attached hydrogen (secondary N) is 1. The minimum Gasteiger partial charge on any atom is -0.493 e. The lowest BCUT2D eigenvalue weighted by Crippen LogP contribution is -2.41. The Balaban J connectivity index is 2.72. The molecule has 0 spiro atoms. The van der Waals surface area contributed by atoms with Gasteiger partial charge in [-0.25, -0.2) is 0 Å². The molecule has 0 saturated heterocycles. The van der Waals surface area contributed by atoms with Crippen LogP contribution in [0.2, 0.25) is 0 Å². The number of benzene rings is 1. The molecule has 0 aromatic heterocycles. The predicted octanol–water partition coefficient (Wildman–Crippen LogP) is 1.50. The lowest BCUT2D eigenvalue weighted by atomic mass is 10.1. The molecular formula is C16H26N2O4. The Bertz CT molecular complexity index is 491. The maximum absolute atomic E-state index is 11.8. The summed E-state index contributed by atoms with van der Waals surface area (Å²) < 4.78 is 16.0. The summed E-state index contributed by atoms with van der Waals surface area (Å²) >= 11 is 0. The summed E-state index contributed by atoms with van der Waals surface area (Å²) in [4.78, 5) is 11.8. The van der Waals surface area contributed by atoms with E-state index in [-0.39, 0.29) is 5.91 Å². The molecule has 0 bridgehead atoms. The number of amides is 1. The summed E-state index contributed by atoms with van der Waals surface area (Å²) in [6.45, 7) is 2.49. The van der Waals surface area contributed by atoms with Gasteiger partial charge in [-0.2, -0.15) is 0 Å². The Kier molecular flexibility index (Phi) is 7.52. The number of nitrogens with two attached hydrogens (primary N) is 1. The number of carbonyl (C=O) groups is 1. The maximum Gasteiger partial charge on any atom is 0.236 e. The first-order chi connectivity index (χ1) is 10.6. The van der Waals surface area contributed by atoms with Gasteiger partial charge in [0.05, 0.1) is 27.4 Å².